The van der Waals surface area contributed by atoms with Crippen molar-refractivity contribution in [2.45, 2.75) is 12.3 Å². The predicted molar refractivity (Wildman–Crippen MR) is 86.7 cm³/mol. The van der Waals surface area contributed by atoms with E-state index in [9.17, 15) is 0 Å². The molecule has 2 unspecified atom stereocenters. The SMILES string of the molecule is C=CCNC1C=C(c2ccccc2)C(c2ccccc2)O1. The molecule has 3 rings (SSSR count). The van der Waals surface area contributed by atoms with Crippen molar-refractivity contribution in [3.05, 3.63) is 90.5 Å². The fraction of sp³-hybridized carbons (Fsp3) is 0.158. The lowest BCUT2D eigenvalue weighted by Crippen LogP contribution is -2.27. The molecule has 0 radical (unpaired) electrons. The molecule has 0 fully saturated rings. The first-order valence-corrected chi connectivity index (χ1v) is 7.20. The van der Waals surface area contributed by atoms with Crippen LogP contribution in [0.15, 0.2) is 79.4 Å². The molecule has 1 aliphatic rings. The van der Waals surface area contributed by atoms with E-state index < -0.39 is 0 Å². The van der Waals surface area contributed by atoms with E-state index in [-0.39, 0.29) is 12.3 Å². The Balaban J connectivity index is 1.92. The van der Waals surface area contributed by atoms with E-state index in [2.05, 4.69) is 54.4 Å². The maximum atomic E-state index is 6.17. The van der Waals surface area contributed by atoms with Crippen molar-refractivity contribution in [3.8, 4) is 0 Å². The van der Waals surface area contributed by atoms with Crippen LogP contribution >= 0.6 is 0 Å². The average Bonchev–Trinajstić information content (AvgIpc) is 2.99. The van der Waals surface area contributed by atoms with Crippen molar-refractivity contribution < 1.29 is 4.74 Å². The molecule has 21 heavy (non-hydrogen) atoms. The van der Waals surface area contributed by atoms with Gasteiger partial charge in [-0.3, -0.25) is 5.32 Å². The van der Waals surface area contributed by atoms with E-state index in [0.717, 1.165) is 6.54 Å². The third-order valence-corrected chi connectivity index (χ3v) is 3.57. The van der Waals surface area contributed by atoms with Gasteiger partial charge in [-0.1, -0.05) is 66.7 Å². The van der Waals surface area contributed by atoms with Gasteiger partial charge in [-0.25, -0.2) is 0 Å². The molecule has 1 N–H and O–H groups in total. The number of ether oxygens (including phenoxy) is 1. The van der Waals surface area contributed by atoms with Gasteiger partial charge in [0.1, 0.15) is 12.3 Å². The Hall–Kier alpha value is -2.16. The van der Waals surface area contributed by atoms with Crippen LogP contribution in [-0.4, -0.2) is 12.8 Å². The highest BCUT2D eigenvalue weighted by atomic mass is 16.5. The second kappa shape index (κ2) is 6.53. The standard InChI is InChI=1S/C19H19NO/c1-2-13-20-18-14-17(15-9-5-3-6-10-15)19(21-18)16-11-7-4-8-12-16/h2-12,14,18-20H,1,13H2. The molecule has 0 aliphatic carbocycles. The summed E-state index contributed by atoms with van der Waals surface area (Å²) >= 11 is 0. The molecule has 1 heterocycles. The highest BCUT2D eigenvalue weighted by Crippen LogP contribution is 2.38. The maximum absolute atomic E-state index is 6.17. The van der Waals surface area contributed by atoms with Crippen molar-refractivity contribution in [2.75, 3.05) is 6.54 Å². The molecule has 2 nitrogen and oxygen atoms in total. The van der Waals surface area contributed by atoms with E-state index in [0.29, 0.717) is 0 Å². The first-order valence-electron chi connectivity index (χ1n) is 7.20. The van der Waals surface area contributed by atoms with E-state index in [1.165, 1.54) is 16.7 Å². The predicted octanol–water partition coefficient (Wildman–Crippen LogP) is 3.94. The van der Waals surface area contributed by atoms with Gasteiger partial charge in [0.25, 0.3) is 0 Å². The van der Waals surface area contributed by atoms with Crippen molar-refractivity contribution >= 4 is 5.57 Å². The summed E-state index contributed by atoms with van der Waals surface area (Å²) in [4.78, 5) is 0. The van der Waals surface area contributed by atoms with Crippen molar-refractivity contribution in [3.63, 3.8) is 0 Å². The Morgan fingerprint density at radius 2 is 1.67 bits per heavy atom. The number of hydrogen-bond acceptors (Lipinski definition) is 2. The van der Waals surface area contributed by atoms with Crippen molar-refractivity contribution in [1.82, 2.24) is 5.32 Å². The smallest absolute Gasteiger partial charge is 0.129 e. The zero-order valence-electron chi connectivity index (χ0n) is 11.9. The third-order valence-electron chi connectivity index (χ3n) is 3.57. The maximum Gasteiger partial charge on any atom is 0.129 e. The Morgan fingerprint density at radius 1 is 1.00 bits per heavy atom. The van der Waals surface area contributed by atoms with E-state index >= 15 is 0 Å². The van der Waals surface area contributed by atoms with Gasteiger partial charge in [0.15, 0.2) is 0 Å². The van der Waals surface area contributed by atoms with Gasteiger partial charge in [0.05, 0.1) is 0 Å². The highest BCUT2D eigenvalue weighted by molar-refractivity contribution is 5.72. The summed E-state index contributed by atoms with van der Waals surface area (Å²) in [6.45, 7) is 4.46. The first kappa shape index (κ1) is 13.8. The van der Waals surface area contributed by atoms with Gasteiger partial charge in [-0.05, 0) is 22.8 Å². The van der Waals surface area contributed by atoms with Gasteiger partial charge in [-0.15, -0.1) is 6.58 Å². The van der Waals surface area contributed by atoms with Gasteiger partial charge < -0.3 is 4.74 Å². The first-order chi connectivity index (χ1) is 10.4. The lowest BCUT2D eigenvalue weighted by atomic mass is 9.96. The van der Waals surface area contributed by atoms with E-state index in [1.54, 1.807) is 0 Å². The second-order valence-electron chi connectivity index (χ2n) is 5.03. The largest absolute Gasteiger partial charge is 0.347 e. The summed E-state index contributed by atoms with van der Waals surface area (Å²) in [5, 5.41) is 3.31. The minimum atomic E-state index is -0.0802. The van der Waals surface area contributed by atoms with Crippen molar-refractivity contribution in [1.29, 1.82) is 0 Å². The van der Waals surface area contributed by atoms with E-state index in [1.807, 2.05) is 30.3 Å². The van der Waals surface area contributed by atoms with Crippen LogP contribution in [0.3, 0.4) is 0 Å². The summed E-state index contributed by atoms with van der Waals surface area (Å²) in [7, 11) is 0. The van der Waals surface area contributed by atoms with Crippen LogP contribution in [0.2, 0.25) is 0 Å². The Kier molecular flexibility index (Phi) is 4.29. The minimum Gasteiger partial charge on any atom is -0.347 e. The molecule has 106 valence electrons. The summed E-state index contributed by atoms with van der Waals surface area (Å²) in [6, 6.07) is 20.7. The van der Waals surface area contributed by atoms with Crippen LogP contribution in [0.5, 0.6) is 0 Å². The molecule has 0 amide bonds. The molecule has 0 bridgehead atoms. The number of rotatable bonds is 5. The Morgan fingerprint density at radius 3 is 2.33 bits per heavy atom. The number of benzene rings is 2. The normalized spacial score (nSPS) is 21.0. The zero-order chi connectivity index (χ0) is 14.5. The topological polar surface area (TPSA) is 21.3 Å². The molecule has 0 spiro atoms. The summed E-state index contributed by atoms with van der Waals surface area (Å²) in [5.74, 6) is 0. The molecule has 2 heteroatoms. The van der Waals surface area contributed by atoms with Gasteiger partial charge in [-0.2, -0.15) is 0 Å². The highest BCUT2D eigenvalue weighted by Gasteiger charge is 2.28. The van der Waals surface area contributed by atoms with Gasteiger partial charge in [0, 0.05) is 6.54 Å². The lowest BCUT2D eigenvalue weighted by Gasteiger charge is -2.18. The molecule has 2 atom stereocenters. The molecule has 0 aromatic heterocycles. The van der Waals surface area contributed by atoms with Gasteiger partial charge in [0.2, 0.25) is 0 Å². The third kappa shape index (κ3) is 3.13. The molecule has 2 aromatic rings. The monoisotopic (exact) mass is 277 g/mol. The summed E-state index contributed by atoms with van der Waals surface area (Å²) < 4.78 is 6.17. The van der Waals surface area contributed by atoms with Crippen LogP contribution in [0.4, 0.5) is 0 Å². The van der Waals surface area contributed by atoms with Crippen LogP contribution in [0.25, 0.3) is 5.57 Å². The van der Waals surface area contributed by atoms with Crippen molar-refractivity contribution in [2.24, 2.45) is 0 Å². The fourth-order valence-corrected chi connectivity index (χ4v) is 2.58. The van der Waals surface area contributed by atoms with Crippen LogP contribution in [0, 0.1) is 0 Å². The lowest BCUT2D eigenvalue weighted by molar-refractivity contribution is 0.0461. The minimum absolute atomic E-state index is 0.0316. The zero-order valence-corrected chi connectivity index (χ0v) is 11.9. The number of nitrogens with one attached hydrogen (secondary N) is 1. The quantitative estimate of drug-likeness (QED) is 0.836. The Labute approximate surface area is 125 Å². The van der Waals surface area contributed by atoms with Gasteiger partial charge >= 0.3 is 0 Å². The molecule has 0 saturated heterocycles. The number of hydrogen-bond donors (Lipinski definition) is 1. The molecule has 2 aromatic carbocycles. The van der Waals surface area contributed by atoms with Crippen LogP contribution < -0.4 is 5.32 Å². The Bertz CT molecular complexity index is 619. The molecule has 0 saturated carbocycles. The van der Waals surface area contributed by atoms with Crippen LogP contribution in [-0.2, 0) is 4.74 Å². The molecular weight excluding hydrogens is 258 g/mol. The summed E-state index contributed by atoms with van der Waals surface area (Å²) in [6.07, 6.45) is 3.89. The molecular formula is C19H19NO. The van der Waals surface area contributed by atoms with Crippen LogP contribution in [0.1, 0.15) is 17.2 Å². The fourth-order valence-electron chi connectivity index (χ4n) is 2.58. The molecule has 1 aliphatic heterocycles. The second-order valence-corrected chi connectivity index (χ2v) is 5.03. The van der Waals surface area contributed by atoms with E-state index in [4.69, 9.17) is 4.74 Å². The summed E-state index contributed by atoms with van der Waals surface area (Å²) in [5.41, 5.74) is 3.59. The average molecular weight is 277 g/mol.